The highest BCUT2D eigenvalue weighted by atomic mass is 79.9. The summed E-state index contributed by atoms with van der Waals surface area (Å²) >= 11 is 3.40. The van der Waals surface area contributed by atoms with E-state index in [1.165, 1.54) is 58.9 Å². The highest BCUT2D eigenvalue weighted by Crippen LogP contribution is 2.36. The number of hydrogen-bond acceptors (Lipinski definition) is 8. The first kappa shape index (κ1) is 27.8. The summed E-state index contributed by atoms with van der Waals surface area (Å²) in [4.78, 5) is 12.8. The van der Waals surface area contributed by atoms with Gasteiger partial charge >= 0.3 is 0 Å². The van der Waals surface area contributed by atoms with Crippen molar-refractivity contribution >= 4 is 43.8 Å². The number of carbonyl (C=O) groups is 1. The first-order valence-corrected chi connectivity index (χ1v) is 13.0. The molecule has 0 aliphatic heterocycles. The Labute approximate surface area is 224 Å². The lowest BCUT2D eigenvalue weighted by molar-refractivity contribution is -0.119. The van der Waals surface area contributed by atoms with Crippen LogP contribution in [-0.4, -0.2) is 55.5 Å². The Bertz CT molecular complexity index is 1380. The van der Waals surface area contributed by atoms with Crippen LogP contribution in [0.25, 0.3) is 0 Å². The molecule has 0 spiro atoms. The second kappa shape index (κ2) is 12.5. The van der Waals surface area contributed by atoms with E-state index >= 15 is 0 Å². The van der Waals surface area contributed by atoms with Crippen LogP contribution in [0.5, 0.6) is 23.0 Å². The maximum Gasteiger partial charge on any atom is 0.264 e. The van der Waals surface area contributed by atoms with Crippen molar-refractivity contribution in [2.24, 2.45) is 5.10 Å². The van der Waals surface area contributed by atoms with Crippen LogP contribution >= 0.6 is 15.9 Å². The molecule has 0 heterocycles. The van der Waals surface area contributed by atoms with Gasteiger partial charge in [-0.1, -0.05) is 18.2 Å². The Morgan fingerprint density at radius 1 is 0.919 bits per heavy atom. The number of carbonyl (C=O) groups excluding carboxylic acids is 1. The summed E-state index contributed by atoms with van der Waals surface area (Å²) in [6.07, 6.45) is 1.40. The Balaban J connectivity index is 1.88. The molecule has 37 heavy (non-hydrogen) atoms. The number of methoxy groups -OCH3 is 4. The quantitative estimate of drug-likeness (QED) is 0.266. The van der Waals surface area contributed by atoms with Gasteiger partial charge in [0.2, 0.25) is 0 Å². The molecule has 0 saturated carbocycles. The zero-order chi connectivity index (χ0) is 27.0. The third kappa shape index (κ3) is 6.52. The minimum atomic E-state index is -4.11. The van der Waals surface area contributed by atoms with Gasteiger partial charge in [-0.05, 0) is 57.9 Å². The minimum Gasteiger partial charge on any atom is -0.493 e. The third-order valence-corrected chi connectivity index (χ3v) is 7.51. The van der Waals surface area contributed by atoms with Crippen LogP contribution < -0.4 is 28.7 Å². The number of hydrazone groups is 1. The number of amides is 1. The molecular formula is C25H26BrN3O7S. The van der Waals surface area contributed by atoms with Crippen molar-refractivity contribution in [3.63, 3.8) is 0 Å². The Kier molecular flexibility index (Phi) is 9.36. The topological polar surface area (TPSA) is 116 Å². The number of ether oxygens (including phenoxy) is 4. The molecule has 0 atom stereocenters. The lowest BCUT2D eigenvalue weighted by Crippen LogP contribution is -2.39. The Morgan fingerprint density at radius 3 is 2.22 bits per heavy atom. The van der Waals surface area contributed by atoms with Crippen LogP contribution in [0.15, 0.2) is 75.1 Å². The van der Waals surface area contributed by atoms with Gasteiger partial charge in [0.25, 0.3) is 15.9 Å². The van der Waals surface area contributed by atoms with Crippen molar-refractivity contribution in [3.05, 3.63) is 70.7 Å². The molecule has 1 amide bonds. The predicted octanol–water partition coefficient (Wildman–Crippen LogP) is 3.83. The number of nitrogens with zero attached hydrogens (tertiary/aromatic N) is 2. The molecule has 1 N–H and O–H groups in total. The molecule has 12 heteroatoms. The van der Waals surface area contributed by atoms with E-state index in [9.17, 15) is 13.2 Å². The summed E-state index contributed by atoms with van der Waals surface area (Å²) in [5.41, 5.74) is 3.19. The number of sulfonamides is 1. The molecule has 10 nitrogen and oxygen atoms in total. The fourth-order valence-corrected chi connectivity index (χ4v) is 5.43. The van der Waals surface area contributed by atoms with Crippen LogP contribution in [0.1, 0.15) is 5.56 Å². The van der Waals surface area contributed by atoms with Crippen LogP contribution in [-0.2, 0) is 14.8 Å². The largest absolute Gasteiger partial charge is 0.493 e. The average Bonchev–Trinajstić information content (AvgIpc) is 2.91. The Hall–Kier alpha value is -3.77. The van der Waals surface area contributed by atoms with Crippen molar-refractivity contribution in [3.8, 4) is 23.0 Å². The second-order valence-corrected chi connectivity index (χ2v) is 10.1. The van der Waals surface area contributed by atoms with Crippen molar-refractivity contribution in [2.75, 3.05) is 39.3 Å². The van der Waals surface area contributed by atoms with E-state index in [0.717, 1.165) is 4.31 Å². The molecular weight excluding hydrogens is 566 g/mol. The number of hydrogen-bond donors (Lipinski definition) is 1. The molecule has 0 radical (unpaired) electrons. The van der Waals surface area contributed by atoms with Crippen LogP contribution in [0.2, 0.25) is 0 Å². The van der Waals surface area contributed by atoms with E-state index in [-0.39, 0.29) is 10.6 Å². The number of halogens is 1. The summed E-state index contributed by atoms with van der Waals surface area (Å²) in [5.74, 6) is 1.05. The van der Waals surface area contributed by atoms with Crippen LogP contribution in [0.4, 0.5) is 5.69 Å². The Morgan fingerprint density at radius 2 is 1.59 bits per heavy atom. The predicted molar refractivity (Wildman–Crippen MR) is 144 cm³/mol. The van der Waals surface area contributed by atoms with E-state index in [0.29, 0.717) is 33.0 Å². The number of anilines is 1. The molecule has 0 bridgehead atoms. The minimum absolute atomic E-state index is 0.0243. The number of benzene rings is 3. The van der Waals surface area contributed by atoms with Crippen molar-refractivity contribution in [2.45, 2.75) is 4.90 Å². The van der Waals surface area contributed by atoms with Gasteiger partial charge in [0.05, 0.1) is 49.7 Å². The van der Waals surface area contributed by atoms with E-state index in [1.54, 1.807) is 36.4 Å². The zero-order valence-electron chi connectivity index (χ0n) is 20.6. The lowest BCUT2D eigenvalue weighted by atomic mass is 10.2. The summed E-state index contributed by atoms with van der Waals surface area (Å²) < 4.78 is 49.7. The van der Waals surface area contributed by atoms with Gasteiger partial charge < -0.3 is 18.9 Å². The summed E-state index contributed by atoms with van der Waals surface area (Å²) in [6.45, 7) is -0.542. The van der Waals surface area contributed by atoms with E-state index in [1.807, 2.05) is 0 Å². The monoisotopic (exact) mass is 591 g/mol. The summed E-state index contributed by atoms with van der Waals surface area (Å²) in [5, 5.41) is 3.97. The molecule has 3 rings (SSSR count). The molecule has 0 aliphatic carbocycles. The highest BCUT2D eigenvalue weighted by molar-refractivity contribution is 9.10. The summed E-state index contributed by atoms with van der Waals surface area (Å²) in [7, 11) is 1.82. The van der Waals surface area contributed by atoms with Gasteiger partial charge in [0.1, 0.15) is 6.54 Å². The van der Waals surface area contributed by atoms with Gasteiger partial charge in [-0.2, -0.15) is 5.10 Å². The standard InChI is InChI=1S/C25H26BrN3O7S/c1-33-21-11-10-18(14-22(21)34-2)29(37(31,32)19-8-6-5-7-9-19)16-24(30)28-27-15-17-12-20(26)25(36-4)23(13-17)35-3/h5-15H,16H2,1-4H3,(H,28,30)/b27-15+. The fourth-order valence-electron chi connectivity index (χ4n) is 3.37. The van der Waals surface area contributed by atoms with Gasteiger partial charge in [-0.25, -0.2) is 13.8 Å². The van der Waals surface area contributed by atoms with Gasteiger partial charge in [-0.3, -0.25) is 9.10 Å². The average molecular weight is 592 g/mol. The lowest BCUT2D eigenvalue weighted by Gasteiger charge is -2.24. The SMILES string of the molecule is COc1ccc(N(CC(=O)N/N=C/c2cc(Br)c(OC)c(OC)c2)S(=O)(=O)c2ccccc2)cc1OC. The first-order chi connectivity index (χ1) is 17.7. The van der Waals surface area contributed by atoms with Crippen molar-refractivity contribution < 1.29 is 32.2 Å². The van der Waals surface area contributed by atoms with Crippen molar-refractivity contribution in [1.82, 2.24) is 5.43 Å². The van der Waals surface area contributed by atoms with E-state index < -0.39 is 22.5 Å². The maximum absolute atomic E-state index is 13.5. The molecule has 196 valence electrons. The summed E-state index contributed by atoms with van der Waals surface area (Å²) in [6, 6.07) is 15.8. The van der Waals surface area contributed by atoms with Crippen LogP contribution in [0, 0.1) is 0 Å². The van der Waals surface area contributed by atoms with Gasteiger partial charge in [0.15, 0.2) is 23.0 Å². The fraction of sp³-hybridized carbons (Fsp3) is 0.200. The van der Waals surface area contributed by atoms with Gasteiger partial charge in [0, 0.05) is 6.07 Å². The van der Waals surface area contributed by atoms with E-state index in [2.05, 4.69) is 26.5 Å². The third-order valence-electron chi connectivity index (χ3n) is 5.13. The zero-order valence-corrected chi connectivity index (χ0v) is 23.0. The second-order valence-electron chi connectivity index (χ2n) is 7.40. The number of nitrogens with one attached hydrogen (secondary N) is 1. The molecule has 3 aromatic rings. The molecule has 0 fully saturated rings. The maximum atomic E-state index is 13.5. The number of rotatable bonds is 11. The molecule has 0 unspecified atom stereocenters. The van der Waals surface area contributed by atoms with Gasteiger partial charge in [-0.15, -0.1) is 0 Å². The first-order valence-electron chi connectivity index (χ1n) is 10.8. The van der Waals surface area contributed by atoms with Crippen LogP contribution in [0.3, 0.4) is 0 Å². The normalized spacial score (nSPS) is 11.2. The molecule has 0 aliphatic rings. The smallest absolute Gasteiger partial charge is 0.264 e. The van der Waals surface area contributed by atoms with E-state index in [4.69, 9.17) is 18.9 Å². The van der Waals surface area contributed by atoms with Crippen molar-refractivity contribution in [1.29, 1.82) is 0 Å². The molecule has 0 saturated heterocycles. The molecule has 0 aromatic heterocycles. The molecule has 3 aromatic carbocycles. The highest BCUT2D eigenvalue weighted by Gasteiger charge is 2.28.